The van der Waals surface area contributed by atoms with E-state index in [2.05, 4.69) is 29.2 Å². The van der Waals surface area contributed by atoms with Crippen molar-refractivity contribution < 1.29 is 5.11 Å². The molecular weight excluding hydrogens is 256 g/mol. The van der Waals surface area contributed by atoms with Gasteiger partial charge in [-0.25, -0.2) is 0 Å². The number of aliphatic hydroxyl groups excluding tert-OH is 1. The number of aliphatic hydroxyl groups is 1. The summed E-state index contributed by atoms with van der Waals surface area (Å²) in [7, 11) is 0. The van der Waals surface area contributed by atoms with Crippen LogP contribution in [0.15, 0.2) is 29.3 Å². The maximum Gasteiger partial charge on any atom is 0.0512 e. The number of unbranched alkanes of at least 4 members (excludes halogenated alkanes) is 3. The van der Waals surface area contributed by atoms with E-state index < -0.39 is 0 Å². The minimum absolute atomic E-state index is 0.306. The Morgan fingerprint density at radius 2 is 2.00 bits per heavy atom. The fourth-order valence-electron chi connectivity index (χ4n) is 2.39. The van der Waals surface area contributed by atoms with E-state index in [1.807, 2.05) is 6.07 Å². The summed E-state index contributed by atoms with van der Waals surface area (Å²) in [5.74, 6) is 0. The topological polar surface area (TPSA) is 51.2 Å². The molecule has 2 rings (SSSR count). The lowest BCUT2D eigenvalue weighted by atomic mass is 10.2. The van der Waals surface area contributed by atoms with Crippen LogP contribution in [-0.4, -0.2) is 22.5 Å². The van der Waals surface area contributed by atoms with Gasteiger partial charge in [0.1, 0.15) is 0 Å². The fraction of sp³-hybridized carbons (Fsp3) is 0.467. The van der Waals surface area contributed by atoms with E-state index in [1.165, 1.54) is 15.8 Å². The Morgan fingerprint density at radius 3 is 2.74 bits per heavy atom. The lowest BCUT2D eigenvalue weighted by Gasteiger charge is -2.07. The predicted molar refractivity (Wildman–Crippen MR) is 83.7 cm³/mol. The Bertz CT molecular complexity index is 536. The molecule has 104 valence electrons. The molecule has 0 fully saturated rings. The summed E-state index contributed by atoms with van der Waals surface area (Å²) < 4.78 is 2.28. The number of aromatic nitrogens is 1. The van der Waals surface area contributed by atoms with Crippen LogP contribution in [0.5, 0.6) is 0 Å². The van der Waals surface area contributed by atoms with Gasteiger partial charge in [-0.05, 0) is 37.3 Å². The van der Waals surface area contributed by atoms with Crippen LogP contribution < -0.4 is 5.73 Å². The molecule has 4 heteroatoms. The first-order valence-corrected chi connectivity index (χ1v) is 8.02. The molecule has 0 saturated carbocycles. The van der Waals surface area contributed by atoms with E-state index in [0.717, 1.165) is 37.9 Å². The molecule has 0 bridgehead atoms. The van der Waals surface area contributed by atoms with Gasteiger partial charge in [0, 0.05) is 35.3 Å². The third-order valence-corrected chi connectivity index (χ3v) is 4.18. The Labute approximate surface area is 118 Å². The van der Waals surface area contributed by atoms with Crippen molar-refractivity contribution in [2.75, 3.05) is 18.6 Å². The highest BCUT2D eigenvalue weighted by Gasteiger charge is 2.06. The second kappa shape index (κ2) is 6.87. The highest BCUT2D eigenvalue weighted by molar-refractivity contribution is 7.98. The van der Waals surface area contributed by atoms with Gasteiger partial charge in [-0.3, -0.25) is 0 Å². The van der Waals surface area contributed by atoms with Crippen LogP contribution in [-0.2, 0) is 6.54 Å². The third kappa shape index (κ3) is 3.45. The van der Waals surface area contributed by atoms with Crippen LogP contribution in [0.25, 0.3) is 10.9 Å². The smallest absolute Gasteiger partial charge is 0.0512 e. The van der Waals surface area contributed by atoms with Gasteiger partial charge in [-0.15, -0.1) is 11.8 Å². The van der Waals surface area contributed by atoms with Gasteiger partial charge in [-0.2, -0.15) is 0 Å². The number of rotatable bonds is 7. The first-order valence-electron chi connectivity index (χ1n) is 6.79. The fourth-order valence-corrected chi connectivity index (χ4v) is 3.04. The number of aryl methyl sites for hydroxylation is 1. The van der Waals surface area contributed by atoms with Crippen LogP contribution >= 0.6 is 11.8 Å². The lowest BCUT2D eigenvalue weighted by molar-refractivity contribution is 0.282. The molecule has 0 aliphatic carbocycles. The van der Waals surface area contributed by atoms with Crippen molar-refractivity contribution in [3.8, 4) is 0 Å². The average molecular weight is 278 g/mol. The highest BCUT2D eigenvalue weighted by atomic mass is 32.2. The largest absolute Gasteiger partial charge is 0.399 e. The van der Waals surface area contributed by atoms with Gasteiger partial charge >= 0.3 is 0 Å². The van der Waals surface area contributed by atoms with Gasteiger partial charge in [0.05, 0.1) is 5.52 Å². The monoisotopic (exact) mass is 278 g/mol. The third-order valence-electron chi connectivity index (χ3n) is 3.40. The number of thioether (sulfide) groups is 1. The lowest BCUT2D eigenvalue weighted by Crippen LogP contribution is -1.97. The Morgan fingerprint density at radius 1 is 1.21 bits per heavy atom. The van der Waals surface area contributed by atoms with E-state index in [0.29, 0.717) is 6.61 Å². The average Bonchev–Trinajstić information content (AvgIpc) is 2.81. The normalized spacial score (nSPS) is 11.3. The standard InChI is InChI=1S/C15H22N2OS/c1-19-15-11-12(16)10-14-13(15)6-8-17(14)7-4-2-3-5-9-18/h6,8,10-11,18H,2-5,7,9,16H2,1H3. The molecule has 0 spiro atoms. The van der Waals surface area contributed by atoms with Crippen molar-refractivity contribution in [2.45, 2.75) is 37.1 Å². The van der Waals surface area contributed by atoms with Gasteiger partial charge in [0.2, 0.25) is 0 Å². The molecule has 3 nitrogen and oxygen atoms in total. The first-order chi connectivity index (χ1) is 9.26. The molecule has 0 aliphatic heterocycles. The summed E-state index contributed by atoms with van der Waals surface area (Å²) in [5.41, 5.74) is 8.03. The number of benzene rings is 1. The molecule has 0 aliphatic rings. The minimum atomic E-state index is 0.306. The predicted octanol–water partition coefficient (Wildman–Crippen LogP) is 3.50. The van der Waals surface area contributed by atoms with Gasteiger partial charge in [-0.1, -0.05) is 12.8 Å². The number of nitrogens with two attached hydrogens (primary N) is 1. The molecule has 3 N–H and O–H groups in total. The second-order valence-electron chi connectivity index (χ2n) is 4.80. The maximum atomic E-state index is 8.76. The molecule has 2 aromatic rings. The molecule has 1 aromatic carbocycles. The Kier molecular flexibility index (Phi) is 5.16. The molecule has 1 heterocycles. The Balaban J connectivity index is 2.09. The van der Waals surface area contributed by atoms with Gasteiger partial charge in [0.25, 0.3) is 0 Å². The van der Waals surface area contributed by atoms with Crippen molar-refractivity contribution in [1.29, 1.82) is 0 Å². The quantitative estimate of drug-likeness (QED) is 0.463. The number of fused-ring (bicyclic) bond motifs is 1. The van der Waals surface area contributed by atoms with Gasteiger partial charge in [0.15, 0.2) is 0 Å². The SMILES string of the molecule is CSc1cc(N)cc2c1ccn2CCCCCCO. The van der Waals surface area contributed by atoms with Crippen LogP contribution in [0.3, 0.4) is 0 Å². The molecule has 19 heavy (non-hydrogen) atoms. The van der Waals surface area contributed by atoms with Crippen molar-refractivity contribution in [3.05, 3.63) is 24.4 Å². The molecule has 0 atom stereocenters. The van der Waals surface area contributed by atoms with E-state index >= 15 is 0 Å². The summed E-state index contributed by atoms with van der Waals surface area (Å²) in [6, 6.07) is 6.27. The number of nitrogen functional groups attached to an aromatic ring is 1. The Hall–Kier alpha value is -1.13. The number of nitrogens with zero attached hydrogens (tertiary/aromatic N) is 1. The van der Waals surface area contributed by atoms with Crippen molar-refractivity contribution in [3.63, 3.8) is 0 Å². The molecular formula is C15H22N2OS. The van der Waals surface area contributed by atoms with Crippen molar-refractivity contribution >= 4 is 28.4 Å². The van der Waals surface area contributed by atoms with E-state index in [4.69, 9.17) is 10.8 Å². The highest BCUT2D eigenvalue weighted by Crippen LogP contribution is 2.30. The maximum absolute atomic E-state index is 8.76. The zero-order valence-electron chi connectivity index (χ0n) is 11.4. The van der Waals surface area contributed by atoms with Crippen LogP contribution in [0, 0.1) is 0 Å². The zero-order chi connectivity index (χ0) is 13.7. The van der Waals surface area contributed by atoms with Crippen molar-refractivity contribution in [1.82, 2.24) is 4.57 Å². The van der Waals surface area contributed by atoms with E-state index in [-0.39, 0.29) is 0 Å². The second-order valence-corrected chi connectivity index (χ2v) is 5.65. The van der Waals surface area contributed by atoms with Crippen molar-refractivity contribution in [2.24, 2.45) is 0 Å². The minimum Gasteiger partial charge on any atom is -0.399 e. The first kappa shape index (κ1) is 14.3. The van der Waals surface area contributed by atoms with Crippen LogP contribution in [0.1, 0.15) is 25.7 Å². The molecule has 0 radical (unpaired) electrons. The zero-order valence-corrected chi connectivity index (χ0v) is 12.2. The van der Waals surface area contributed by atoms with Gasteiger partial charge < -0.3 is 15.4 Å². The summed E-state index contributed by atoms with van der Waals surface area (Å²) in [4.78, 5) is 1.24. The molecule has 1 aromatic heterocycles. The number of hydrogen-bond acceptors (Lipinski definition) is 3. The summed E-state index contributed by atoms with van der Waals surface area (Å²) >= 11 is 1.74. The summed E-state index contributed by atoms with van der Waals surface area (Å²) in [6.07, 6.45) is 8.56. The van der Waals surface area contributed by atoms with E-state index in [9.17, 15) is 0 Å². The van der Waals surface area contributed by atoms with Crippen LogP contribution in [0.2, 0.25) is 0 Å². The summed E-state index contributed by atoms with van der Waals surface area (Å²) in [5, 5.41) is 10.0. The number of hydrogen-bond donors (Lipinski definition) is 2. The molecule has 0 amide bonds. The summed E-state index contributed by atoms with van der Waals surface area (Å²) in [6.45, 7) is 1.33. The van der Waals surface area contributed by atoms with Crippen LogP contribution in [0.4, 0.5) is 5.69 Å². The van der Waals surface area contributed by atoms with E-state index in [1.54, 1.807) is 11.8 Å². The number of anilines is 1. The molecule has 0 unspecified atom stereocenters. The molecule has 0 saturated heterocycles.